The van der Waals surface area contributed by atoms with E-state index in [-0.39, 0.29) is 0 Å². The molecule has 0 amide bonds. The van der Waals surface area contributed by atoms with E-state index in [4.69, 9.17) is 0 Å². The summed E-state index contributed by atoms with van der Waals surface area (Å²) in [5, 5.41) is 1.15. The second-order valence-corrected chi connectivity index (χ2v) is 4.36. The van der Waals surface area contributed by atoms with E-state index < -0.39 is 6.08 Å². The van der Waals surface area contributed by atoms with Crippen LogP contribution in [-0.4, -0.2) is 15.2 Å². The average molecular weight is 186 g/mol. The summed E-state index contributed by atoms with van der Waals surface area (Å²) >= 11 is 1.55. The highest BCUT2D eigenvalue weighted by Crippen LogP contribution is 2.23. The van der Waals surface area contributed by atoms with Gasteiger partial charge in [0.2, 0.25) is 0 Å². The van der Waals surface area contributed by atoms with E-state index in [1.54, 1.807) is 11.8 Å². The molecule has 0 spiro atoms. The Bertz CT molecular complexity index is 276. The van der Waals surface area contributed by atoms with Crippen molar-refractivity contribution in [1.29, 1.82) is 0 Å². The molecular weight excluding hydrogens is 175 g/mol. The van der Waals surface area contributed by atoms with Crippen LogP contribution in [0.5, 0.6) is 0 Å². The second-order valence-electron chi connectivity index (χ2n) is 2.79. The van der Waals surface area contributed by atoms with Gasteiger partial charge in [0.1, 0.15) is 5.03 Å². The summed E-state index contributed by atoms with van der Waals surface area (Å²) in [5.74, 6) is 0. The highest BCUT2D eigenvalue weighted by molar-refractivity contribution is 7.99. The molecule has 66 valence electrons. The first-order valence-electron chi connectivity index (χ1n) is 3.75. The van der Waals surface area contributed by atoms with E-state index in [0.29, 0.717) is 5.25 Å². The third-order valence-electron chi connectivity index (χ3n) is 1.24. The van der Waals surface area contributed by atoms with E-state index in [1.165, 1.54) is 6.20 Å². The normalized spacial score (nSPS) is 10.8. The van der Waals surface area contributed by atoms with Crippen LogP contribution >= 0.6 is 11.8 Å². The van der Waals surface area contributed by atoms with Crippen molar-refractivity contribution in [3.05, 3.63) is 17.8 Å². The summed E-state index contributed by atoms with van der Waals surface area (Å²) in [6.45, 7) is 5.97. The van der Waals surface area contributed by atoms with Gasteiger partial charge in [0.05, 0.1) is 0 Å². The van der Waals surface area contributed by atoms with Crippen LogP contribution in [0.4, 0.5) is 4.39 Å². The fourth-order valence-corrected chi connectivity index (χ4v) is 1.56. The number of halogens is 1. The molecule has 0 radical (unpaired) electrons. The van der Waals surface area contributed by atoms with Crippen LogP contribution in [0, 0.1) is 13.0 Å². The van der Waals surface area contributed by atoms with E-state index in [0.717, 1.165) is 10.6 Å². The molecule has 0 bridgehead atoms. The third-order valence-corrected chi connectivity index (χ3v) is 2.35. The van der Waals surface area contributed by atoms with Crippen LogP contribution in [-0.2, 0) is 0 Å². The second kappa shape index (κ2) is 3.85. The molecule has 0 fully saturated rings. The van der Waals surface area contributed by atoms with E-state index in [2.05, 4.69) is 9.97 Å². The Morgan fingerprint density at radius 1 is 1.50 bits per heavy atom. The topological polar surface area (TPSA) is 25.8 Å². The maximum Gasteiger partial charge on any atom is 0.309 e. The van der Waals surface area contributed by atoms with Gasteiger partial charge in [0, 0.05) is 11.4 Å². The van der Waals surface area contributed by atoms with Gasteiger partial charge in [-0.15, -0.1) is 11.8 Å². The van der Waals surface area contributed by atoms with Gasteiger partial charge in [0.25, 0.3) is 0 Å². The Balaban J connectivity index is 2.90. The number of aryl methyl sites for hydroxylation is 1. The van der Waals surface area contributed by atoms with Crippen LogP contribution in [0.3, 0.4) is 0 Å². The van der Waals surface area contributed by atoms with Gasteiger partial charge in [-0.2, -0.15) is 9.37 Å². The van der Waals surface area contributed by atoms with E-state index >= 15 is 0 Å². The molecule has 1 rings (SSSR count). The Labute approximate surface area is 75.6 Å². The molecule has 0 saturated heterocycles. The standard InChI is InChI=1S/C8H11FN2S/c1-5(2)12-7-6(3)4-10-8(9)11-7/h4-5H,1-3H3. The number of aromatic nitrogens is 2. The predicted molar refractivity (Wildman–Crippen MR) is 47.7 cm³/mol. The zero-order chi connectivity index (χ0) is 9.14. The molecular formula is C8H11FN2S. The van der Waals surface area contributed by atoms with Crippen LogP contribution in [0.1, 0.15) is 19.4 Å². The maximum atomic E-state index is 12.6. The largest absolute Gasteiger partial charge is 0.309 e. The highest BCUT2D eigenvalue weighted by atomic mass is 32.2. The molecule has 1 heterocycles. The Morgan fingerprint density at radius 2 is 2.17 bits per heavy atom. The molecule has 0 aliphatic rings. The molecule has 0 aliphatic heterocycles. The molecule has 0 atom stereocenters. The lowest BCUT2D eigenvalue weighted by molar-refractivity contribution is 0.524. The van der Waals surface area contributed by atoms with Crippen molar-refractivity contribution in [1.82, 2.24) is 9.97 Å². The maximum absolute atomic E-state index is 12.6. The number of rotatable bonds is 2. The third kappa shape index (κ3) is 2.44. The summed E-state index contributed by atoms with van der Waals surface area (Å²) in [5.41, 5.74) is 0.926. The molecule has 0 unspecified atom stereocenters. The zero-order valence-electron chi connectivity index (χ0n) is 7.34. The fraction of sp³-hybridized carbons (Fsp3) is 0.500. The molecule has 12 heavy (non-hydrogen) atoms. The fourth-order valence-electron chi connectivity index (χ4n) is 0.749. The Hall–Kier alpha value is -0.640. The highest BCUT2D eigenvalue weighted by Gasteiger charge is 2.05. The molecule has 4 heteroatoms. The van der Waals surface area contributed by atoms with Crippen LogP contribution < -0.4 is 0 Å². The van der Waals surface area contributed by atoms with Crippen molar-refractivity contribution in [2.24, 2.45) is 0 Å². The van der Waals surface area contributed by atoms with Gasteiger partial charge < -0.3 is 0 Å². The Kier molecular flexibility index (Phi) is 3.03. The zero-order valence-corrected chi connectivity index (χ0v) is 8.15. The van der Waals surface area contributed by atoms with Gasteiger partial charge in [-0.3, -0.25) is 0 Å². The number of hydrogen-bond donors (Lipinski definition) is 0. The molecule has 1 aromatic rings. The minimum atomic E-state index is -0.649. The van der Waals surface area contributed by atoms with Crippen LogP contribution in [0.25, 0.3) is 0 Å². The molecule has 0 saturated carbocycles. The van der Waals surface area contributed by atoms with E-state index in [9.17, 15) is 4.39 Å². The summed E-state index contributed by atoms with van der Waals surface area (Å²) < 4.78 is 12.6. The van der Waals surface area contributed by atoms with Crippen molar-refractivity contribution in [2.75, 3.05) is 0 Å². The molecule has 0 aliphatic carbocycles. The lowest BCUT2D eigenvalue weighted by atomic mass is 10.4. The first-order chi connectivity index (χ1) is 5.59. The first kappa shape index (κ1) is 9.45. The van der Waals surface area contributed by atoms with Gasteiger partial charge in [-0.05, 0) is 12.5 Å². The van der Waals surface area contributed by atoms with Gasteiger partial charge in [-0.25, -0.2) is 4.98 Å². The number of nitrogens with zero attached hydrogens (tertiary/aromatic N) is 2. The molecule has 0 aromatic carbocycles. The minimum absolute atomic E-state index is 0.415. The monoisotopic (exact) mass is 186 g/mol. The van der Waals surface area contributed by atoms with Crippen molar-refractivity contribution in [3.63, 3.8) is 0 Å². The van der Waals surface area contributed by atoms with Crippen molar-refractivity contribution >= 4 is 11.8 Å². The lowest BCUT2D eigenvalue weighted by Gasteiger charge is -2.05. The van der Waals surface area contributed by atoms with Gasteiger partial charge >= 0.3 is 6.08 Å². The quantitative estimate of drug-likeness (QED) is 0.403. The van der Waals surface area contributed by atoms with Crippen molar-refractivity contribution in [2.45, 2.75) is 31.0 Å². The van der Waals surface area contributed by atoms with Gasteiger partial charge in [-0.1, -0.05) is 13.8 Å². The molecule has 0 N–H and O–H groups in total. The first-order valence-corrected chi connectivity index (χ1v) is 4.63. The average Bonchev–Trinajstić information content (AvgIpc) is 1.96. The smallest absolute Gasteiger partial charge is 0.210 e. The summed E-state index contributed by atoms with van der Waals surface area (Å²) in [6, 6.07) is 0. The molecule has 2 nitrogen and oxygen atoms in total. The minimum Gasteiger partial charge on any atom is -0.210 e. The van der Waals surface area contributed by atoms with Gasteiger partial charge in [0.15, 0.2) is 0 Å². The summed E-state index contributed by atoms with van der Waals surface area (Å²) in [6.07, 6.45) is 0.858. The van der Waals surface area contributed by atoms with Crippen LogP contribution in [0.2, 0.25) is 0 Å². The number of hydrogen-bond acceptors (Lipinski definition) is 3. The number of thioether (sulfide) groups is 1. The lowest BCUT2D eigenvalue weighted by Crippen LogP contribution is -1.96. The van der Waals surface area contributed by atoms with Crippen molar-refractivity contribution in [3.8, 4) is 0 Å². The predicted octanol–water partition coefficient (Wildman–Crippen LogP) is 2.42. The van der Waals surface area contributed by atoms with E-state index in [1.807, 2.05) is 20.8 Å². The van der Waals surface area contributed by atoms with Crippen LogP contribution in [0.15, 0.2) is 11.2 Å². The summed E-state index contributed by atoms with van der Waals surface area (Å²) in [4.78, 5) is 7.15. The molecule has 1 aromatic heterocycles. The Morgan fingerprint density at radius 3 is 2.75 bits per heavy atom. The van der Waals surface area contributed by atoms with Crippen molar-refractivity contribution < 1.29 is 4.39 Å². The SMILES string of the molecule is Cc1cnc(F)nc1SC(C)C. The summed E-state index contributed by atoms with van der Waals surface area (Å²) in [7, 11) is 0.